The van der Waals surface area contributed by atoms with E-state index >= 15 is 0 Å². The molecule has 0 aliphatic heterocycles. The first kappa shape index (κ1) is 16.1. The Hall–Kier alpha value is -3.39. The molecule has 0 bridgehead atoms. The summed E-state index contributed by atoms with van der Waals surface area (Å²) in [6.07, 6.45) is 1.89. The van der Waals surface area contributed by atoms with Crippen LogP contribution < -0.4 is 4.74 Å². The summed E-state index contributed by atoms with van der Waals surface area (Å²) in [6.45, 7) is 0. The molecule has 0 unspecified atom stereocenters. The fraction of sp³-hybridized carbons (Fsp3) is 0.0417. The molecule has 1 heterocycles. The van der Waals surface area contributed by atoms with E-state index in [-0.39, 0.29) is 0 Å². The van der Waals surface area contributed by atoms with Crippen LogP contribution in [0.2, 0.25) is 0 Å². The Balaban J connectivity index is 1.91. The van der Waals surface area contributed by atoms with Gasteiger partial charge < -0.3 is 4.74 Å². The molecule has 1 aromatic heterocycles. The second kappa shape index (κ2) is 7.24. The van der Waals surface area contributed by atoms with E-state index in [9.17, 15) is 0 Å². The van der Waals surface area contributed by atoms with Gasteiger partial charge in [0.05, 0.1) is 12.8 Å². The monoisotopic (exact) mass is 336 g/mol. The molecule has 2 nitrogen and oxygen atoms in total. The zero-order chi connectivity index (χ0) is 17.8. The van der Waals surface area contributed by atoms with Crippen molar-refractivity contribution in [3.8, 4) is 39.3 Å². The predicted molar refractivity (Wildman–Crippen MR) is 106 cm³/mol. The molecule has 0 saturated heterocycles. The Kier molecular flexibility index (Phi) is 4.48. The summed E-state index contributed by atoms with van der Waals surface area (Å²) in [5, 5.41) is 0. The lowest BCUT2D eigenvalue weighted by molar-refractivity contribution is 0.415. The first-order chi connectivity index (χ1) is 12.8. The highest BCUT2D eigenvalue weighted by Crippen LogP contribution is 2.34. The van der Waals surface area contributed by atoms with Crippen molar-refractivity contribution in [2.45, 2.75) is 0 Å². The van der Waals surface area contributed by atoms with E-state index in [1.165, 1.54) is 0 Å². The average molecular weight is 336 g/mol. The molecule has 0 aliphatic rings. The highest BCUT2D eigenvalue weighted by Gasteiger charge is 2.12. The standard InChI is InChI=1S/C24H18NO/c1-26-22-14-8-13-20(15-22)24-23(19-11-6-3-7-12-19)16-21(17-25-24)18-9-4-2-5-10-18/h2-15,17H,1H3. The summed E-state index contributed by atoms with van der Waals surface area (Å²) in [4.78, 5) is 4.79. The van der Waals surface area contributed by atoms with Crippen LogP contribution in [0.15, 0.2) is 91.1 Å². The average Bonchev–Trinajstić information content (AvgIpc) is 2.74. The summed E-state index contributed by atoms with van der Waals surface area (Å²) in [7, 11) is 1.68. The topological polar surface area (TPSA) is 22.1 Å². The third-order valence-electron chi connectivity index (χ3n) is 4.31. The fourth-order valence-electron chi connectivity index (χ4n) is 2.99. The highest BCUT2D eigenvalue weighted by atomic mass is 16.5. The molecular weight excluding hydrogens is 318 g/mol. The van der Waals surface area contributed by atoms with Gasteiger partial charge in [-0.25, -0.2) is 0 Å². The smallest absolute Gasteiger partial charge is 0.119 e. The van der Waals surface area contributed by atoms with Gasteiger partial charge in [0.15, 0.2) is 0 Å². The molecule has 3 aromatic carbocycles. The Morgan fingerprint density at radius 2 is 1.38 bits per heavy atom. The Morgan fingerprint density at radius 1 is 0.731 bits per heavy atom. The van der Waals surface area contributed by atoms with Gasteiger partial charge in [-0.05, 0) is 23.3 Å². The largest absolute Gasteiger partial charge is 0.497 e. The van der Waals surface area contributed by atoms with Gasteiger partial charge >= 0.3 is 0 Å². The predicted octanol–water partition coefficient (Wildman–Crippen LogP) is 5.89. The molecule has 0 fully saturated rings. The molecule has 26 heavy (non-hydrogen) atoms. The summed E-state index contributed by atoms with van der Waals surface area (Å²) >= 11 is 0. The van der Waals surface area contributed by atoms with Crippen molar-refractivity contribution >= 4 is 0 Å². The highest BCUT2D eigenvalue weighted by molar-refractivity contribution is 5.83. The molecule has 0 N–H and O–H groups in total. The summed E-state index contributed by atoms with van der Waals surface area (Å²) in [5.74, 6) is 0.815. The Labute approximate surface area is 153 Å². The number of rotatable bonds is 4. The van der Waals surface area contributed by atoms with E-state index in [0.29, 0.717) is 0 Å². The molecule has 1 radical (unpaired) electrons. The SMILES string of the molecule is COc1cccc(-c2ncc(-c3ccccc3)[c]c2-c2ccccc2)c1. The maximum absolute atomic E-state index is 5.38. The number of hydrogen-bond acceptors (Lipinski definition) is 2. The van der Waals surface area contributed by atoms with E-state index < -0.39 is 0 Å². The van der Waals surface area contributed by atoms with Gasteiger partial charge in [0.2, 0.25) is 0 Å². The molecule has 0 amide bonds. The molecule has 0 spiro atoms. The van der Waals surface area contributed by atoms with Gasteiger partial charge in [0.1, 0.15) is 5.75 Å². The maximum atomic E-state index is 5.38. The molecule has 4 rings (SSSR count). The van der Waals surface area contributed by atoms with Crippen molar-refractivity contribution < 1.29 is 4.74 Å². The quantitative estimate of drug-likeness (QED) is 0.463. The van der Waals surface area contributed by atoms with Crippen LogP contribution in [-0.2, 0) is 0 Å². The van der Waals surface area contributed by atoms with Gasteiger partial charge in [-0.3, -0.25) is 4.98 Å². The second-order valence-electron chi connectivity index (χ2n) is 5.98. The molecule has 0 saturated carbocycles. The number of benzene rings is 3. The number of aromatic nitrogens is 1. The number of hydrogen-bond donors (Lipinski definition) is 0. The van der Waals surface area contributed by atoms with Gasteiger partial charge in [-0.1, -0.05) is 72.8 Å². The minimum Gasteiger partial charge on any atom is -0.497 e. The normalized spacial score (nSPS) is 10.5. The Morgan fingerprint density at radius 3 is 2.08 bits per heavy atom. The second-order valence-corrected chi connectivity index (χ2v) is 5.98. The first-order valence-corrected chi connectivity index (χ1v) is 8.53. The minimum atomic E-state index is 0.815. The van der Waals surface area contributed by atoms with Gasteiger partial charge in [0, 0.05) is 29.0 Å². The maximum Gasteiger partial charge on any atom is 0.119 e. The zero-order valence-electron chi connectivity index (χ0n) is 14.5. The molecular formula is C24H18NO. The third kappa shape index (κ3) is 3.22. The van der Waals surface area contributed by atoms with E-state index in [1.807, 2.05) is 66.9 Å². The van der Waals surface area contributed by atoms with Gasteiger partial charge in [-0.15, -0.1) is 0 Å². The lowest BCUT2D eigenvalue weighted by Crippen LogP contribution is -1.93. The molecule has 125 valence electrons. The van der Waals surface area contributed by atoms with Crippen molar-refractivity contribution in [1.82, 2.24) is 4.98 Å². The van der Waals surface area contributed by atoms with Crippen LogP contribution in [0, 0.1) is 6.07 Å². The summed E-state index contributed by atoms with van der Waals surface area (Å²) in [6, 6.07) is 32.0. The summed E-state index contributed by atoms with van der Waals surface area (Å²) < 4.78 is 5.38. The molecule has 2 heteroatoms. The number of nitrogens with zero attached hydrogens (tertiary/aromatic N) is 1. The fourth-order valence-corrected chi connectivity index (χ4v) is 2.99. The first-order valence-electron chi connectivity index (χ1n) is 8.53. The van der Waals surface area contributed by atoms with Crippen molar-refractivity contribution in [2.24, 2.45) is 0 Å². The van der Waals surface area contributed by atoms with Crippen LogP contribution in [0.25, 0.3) is 33.5 Å². The number of pyridine rings is 1. The lowest BCUT2D eigenvalue weighted by Gasteiger charge is -2.12. The van der Waals surface area contributed by atoms with E-state index in [0.717, 1.165) is 39.3 Å². The van der Waals surface area contributed by atoms with Crippen LogP contribution in [-0.4, -0.2) is 12.1 Å². The van der Waals surface area contributed by atoms with Crippen LogP contribution in [0.4, 0.5) is 0 Å². The van der Waals surface area contributed by atoms with Crippen LogP contribution >= 0.6 is 0 Å². The van der Waals surface area contributed by atoms with Crippen molar-refractivity contribution in [1.29, 1.82) is 0 Å². The zero-order valence-corrected chi connectivity index (χ0v) is 14.5. The van der Waals surface area contributed by atoms with Crippen LogP contribution in [0.5, 0.6) is 5.75 Å². The van der Waals surface area contributed by atoms with Crippen LogP contribution in [0.1, 0.15) is 0 Å². The molecule has 0 aliphatic carbocycles. The van der Waals surface area contributed by atoms with Crippen molar-refractivity contribution in [3.05, 3.63) is 97.2 Å². The minimum absolute atomic E-state index is 0.815. The number of methoxy groups -OCH3 is 1. The van der Waals surface area contributed by atoms with Gasteiger partial charge in [-0.2, -0.15) is 0 Å². The summed E-state index contributed by atoms with van der Waals surface area (Å²) in [5.41, 5.74) is 6.08. The molecule has 0 atom stereocenters. The van der Waals surface area contributed by atoms with E-state index in [2.05, 4.69) is 30.3 Å². The van der Waals surface area contributed by atoms with Gasteiger partial charge in [0.25, 0.3) is 0 Å². The van der Waals surface area contributed by atoms with E-state index in [1.54, 1.807) is 7.11 Å². The third-order valence-corrected chi connectivity index (χ3v) is 4.31. The van der Waals surface area contributed by atoms with Crippen molar-refractivity contribution in [2.75, 3.05) is 7.11 Å². The number of ether oxygens (including phenoxy) is 1. The Bertz CT molecular complexity index is 1010. The van der Waals surface area contributed by atoms with Crippen LogP contribution in [0.3, 0.4) is 0 Å². The van der Waals surface area contributed by atoms with E-state index in [4.69, 9.17) is 9.72 Å². The lowest BCUT2D eigenvalue weighted by atomic mass is 9.96. The van der Waals surface area contributed by atoms with Crippen molar-refractivity contribution in [3.63, 3.8) is 0 Å². The molecule has 4 aromatic rings.